The minimum absolute atomic E-state index is 0.187. The molecule has 0 amide bonds. The van der Waals surface area contributed by atoms with Gasteiger partial charge in [-0.15, -0.1) is 0 Å². The smallest absolute Gasteiger partial charge is 0.183 e. The van der Waals surface area contributed by atoms with Crippen molar-refractivity contribution < 1.29 is 9.53 Å². The number of hydrogen-bond donors (Lipinski definition) is 0. The Morgan fingerprint density at radius 3 is 2.33 bits per heavy atom. The molecule has 122 valence electrons. The predicted molar refractivity (Wildman–Crippen MR) is 95.6 cm³/mol. The lowest BCUT2D eigenvalue weighted by atomic mass is 10.1. The van der Waals surface area contributed by atoms with E-state index in [0.29, 0.717) is 27.2 Å². The maximum absolute atomic E-state index is 12.0. The zero-order valence-corrected chi connectivity index (χ0v) is 14.6. The van der Waals surface area contributed by atoms with Crippen molar-refractivity contribution in [2.45, 2.75) is 6.92 Å². The van der Waals surface area contributed by atoms with E-state index in [-0.39, 0.29) is 11.5 Å². The van der Waals surface area contributed by atoms with Crippen LogP contribution in [0.3, 0.4) is 0 Å². The Morgan fingerprint density at radius 1 is 1.08 bits per heavy atom. The number of carbonyl (C=O) groups excluding carboxylic acids is 1. The number of Topliss-reactive ketones (excluding diaryl/α,β-unsaturated/α-hetero) is 1. The first-order valence-electron chi connectivity index (χ1n) is 7.21. The number of carbonyl (C=O) groups is 1. The van der Waals surface area contributed by atoms with Crippen molar-refractivity contribution in [3.05, 3.63) is 64.3 Å². The molecule has 0 aliphatic heterocycles. The summed E-state index contributed by atoms with van der Waals surface area (Å²) >= 11 is 12.3. The fourth-order valence-corrected chi connectivity index (χ4v) is 2.83. The van der Waals surface area contributed by atoms with Crippen LogP contribution in [0.15, 0.2) is 48.5 Å². The lowest BCUT2D eigenvalue weighted by Crippen LogP contribution is -2.01. The first-order valence-corrected chi connectivity index (χ1v) is 7.97. The zero-order chi connectivity index (χ0) is 17.3. The van der Waals surface area contributed by atoms with E-state index in [2.05, 4.69) is 5.10 Å². The van der Waals surface area contributed by atoms with Crippen LogP contribution in [0.5, 0.6) is 5.75 Å². The van der Waals surface area contributed by atoms with Gasteiger partial charge in [0.15, 0.2) is 17.2 Å². The second-order valence-corrected chi connectivity index (χ2v) is 6.00. The van der Waals surface area contributed by atoms with E-state index in [4.69, 9.17) is 27.9 Å². The first-order chi connectivity index (χ1) is 11.5. The van der Waals surface area contributed by atoms with Crippen LogP contribution in [-0.4, -0.2) is 22.7 Å². The molecule has 0 bridgehead atoms. The highest BCUT2D eigenvalue weighted by Gasteiger charge is 2.24. The Labute approximate surface area is 149 Å². The number of ether oxygens (including phenoxy) is 1. The standard InChI is InChI=1S/C18H14Cl2N2O2/c1-11(23)16-18(24-2)17(12-7-9-13(19)10-8-12)22(21-16)15-6-4-3-5-14(15)20/h3-10H,1-2H3. The molecule has 0 radical (unpaired) electrons. The van der Waals surface area contributed by atoms with E-state index in [9.17, 15) is 4.79 Å². The molecule has 1 aromatic heterocycles. The number of para-hydroxylation sites is 1. The molecule has 2 aromatic carbocycles. The minimum Gasteiger partial charge on any atom is -0.492 e. The maximum Gasteiger partial charge on any atom is 0.183 e. The molecule has 0 saturated carbocycles. The van der Waals surface area contributed by atoms with Gasteiger partial charge < -0.3 is 4.74 Å². The van der Waals surface area contributed by atoms with E-state index in [0.717, 1.165) is 5.56 Å². The van der Waals surface area contributed by atoms with Crippen LogP contribution in [-0.2, 0) is 0 Å². The molecule has 0 fully saturated rings. The lowest BCUT2D eigenvalue weighted by Gasteiger charge is -2.10. The number of halogens is 2. The average molecular weight is 361 g/mol. The van der Waals surface area contributed by atoms with Crippen molar-refractivity contribution in [3.8, 4) is 22.7 Å². The largest absolute Gasteiger partial charge is 0.492 e. The molecule has 3 aromatic rings. The van der Waals surface area contributed by atoms with Crippen LogP contribution in [0.4, 0.5) is 0 Å². The summed E-state index contributed by atoms with van der Waals surface area (Å²) < 4.78 is 7.11. The van der Waals surface area contributed by atoms with Gasteiger partial charge >= 0.3 is 0 Å². The quantitative estimate of drug-likeness (QED) is 0.611. The van der Waals surface area contributed by atoms with Gasteiger partial charge in [0.05, 0.1) is 17.8 Å². The molecule has 0 atom stereocenters. The van der Waals surface area contributed by atoms with Gasteiger partial charge in [0.2, 0.25) is 0 Å². The van der Waals surface area contributed by atoms with Crippen LogP contribution in [0.1, 0.15) is 17.4 Å². The summed E-state index contributed by atoms with van der Waals surface area (Å²) in [6, 6.07) is 14.5. The van der Waals surface area contributed by atoms with Crippen molar-refractivity contribution >= 4 is 29.0 Å². The Hall–Kier alpha value is -2.30. The van der Waals surface area contributed by atoms with Crippen LogP contribution in [0, 0.1) is 0 Å². The lowest BCUT2D eigenvalue weighted by molar-refractivity contribution is 0.101. The molecule has 3 rings (SSSR count). The van der Waals surface area contributed by atoms with Gasteiger partial charge in [-0.1, -0.05) is 47.5 Å². The summed E-state index contributed by atoms with van der Waals surface area (Å²) in [4.78, 5) is 12.0. The van der Waals surface area contributed by atoms with Gasteiger partial charge in [-0.05, 0) is 24.3 Å². The fraction of sp³-hybridized carbons (Fsp3) is 0.111. The van der Waals surface area contributed by atoms with Gasteiger partial charge in [0.1, 0.15) is 5.69 Å². The highest BCUT2D eigenvalue weighted by Crippen LogP contribution is 2.37. The first kappa shape index (κ1) is 16.6. The molecular formula is C18H14Cl2N2O2. The second-order valence-electron chi connectivity index (χ2n) is 5.16. The molecule has 0 unspecified atom stereocenters. The van der Waals surface area contributed by atoms with Crippen LogP contribution in [0.25, 0.3) is 16.9 Å². The van der Waals surface area contributed by atoms with Gasteiger partial charge in [-0.2, -0.15) is 5.10 Å². The topological polar surface area (TPSA) is 44.1 Å². The number of benzene rings is 2. The third-order valence-electron chi connectivity index (χ3n) is 3.58. The summed E-state index contributed by atoms with van der Waals surface area (Å²) in [5.74, 6) is 0.220. The Balaban J connectivity index is 2.34. The van der Waals surface area contributed by atoms with Crippen molar-refractivity contribution in [1.82, 2.24) is 9.78 Å². The molecule has 0 N–H and O–H groups in total. The normalized spacial score (nSPS) is 10.7. The van der Waals surface area contributed by atoms with Crippen LogP contribution in [0.2, 0.25) is 10.0 Å². The summed E-state index contributed by atoms with van der Waals surface area (Å²) in [6.45, 7) is 1.45. The Morgan fingerprint density at radius 2 is 1.75 bits per heavy atom. The Bertz CT molecular complexity index is 902. The highest BCUT2D eigenvalue weighted by atomic mass is 35.5. The third-order valence-corrected chi connectivity index (χ3v) is 4.15. The Kier molecular flexibility index (Phi) is 4.60. The van der Waals surface area contributed by atoms with Crippen LogP contribution >= 0.6 is 23.2 Å². The number of rotatable bonds is 4. The molecule has 24 heavy (non-hydrogen) atoms. The second kappa shape index (κ2) is 6.67. The van der Waals surface area contributed by atoms with Gasteiger partial charge in [0, 0.05) is 17.5 Å². The third kappa shape index (κ3) is 2.90. The predicted octanol–water partition coefficient (Wildman–Crippen LogP) is 5.06. The summed E-state index contributed by atoms with van der Waals surface area (Å²) in [5.41, 5.74) is 2.38. The minimum atomic E-state index is -0.187. The van der Waals surface area contributed by atoms with Crippen molar-refractivity contribution in [2.75, 3.05) is 7.11 Å². The summed E-state index contributed by atoms with van der Waals surface area (Å²) in [5, 5.41) is 5.58. The molecule has 0 saturated heterocycles. The van der Waals surface area contributed by atoms with E-state index >= 15 is 0 Å². The number of aromatic nitrogens is 2. The van der Waals surface area contributed by atoms with Gasteiger partial charge in [0.25, 0.3) is 0 Å². The SMILES string of the molecule is COc1c(C(C)=O)nn(-c2ccccc2Cl)c1-c1ccc(Cl)cc1. The number of nitrogens with zero attached hydrogens (tertiary/aromatic N) is 2. The molecule has 1 heterocycles. The maximum atomic E-state index is 12.0. The van der Waals surface area contributed by atoms with Crippen molar-refractivity contribution in [2.24, 2.45) is 0 Å². The molecular weight excluding hydrogens is 347 g/mol. The fourth-order valence-electron chi connectivity index (χ4n) is 2.49. The van der Waals surface area contributed by atoms with Crippen LogP contribution < -0.4 is 4.74 Å². The molecule has 0 spiro atoms. The van der Waals surface area contributed by atoms with E-state index in [1.165, 1.54) is 14.0 Å². The number of hydrogen-bond acceptors (Lipinski definition) is 3. The molecule has 0 aliphatic rings. The van der Waals surface area contributed by atoms with E-state index in [1.54, 1.807) is 22.9 Å². The average Bonchev–Trinajstić information content (AvgIpc) is 2.95. The number of ketones is 1. The number of methoxy groups -OCH3 is 1. The van der Waals surface area contributed by atoms with Crippen molar-refractivity contribution in [3.63, 3.8) is 0 Å². The summed E-state index contributed by atoms with van der Waals surface area (Å²) in [7, 11) is 1.51. The highest BCUT2D eigenvalue weighted by molar-refractivity contribution is 6.32. The monoisotopic (exact) mass is 360 g/mol. The molecule has 6 heteroatoms. The summed E-state index contributed by atoms with van der Waals surface area (Å²) in [6.07, 6.45) is 0. The van der Waals surface area contributed by atoms with Gasteiger partial charge in [-0.25, -0.2) is 4.68 Å². The van der Waals surface area contributed by atoms with E-state index in [1.807, 2.05) is 30.3 Å². The van der Waals surface area contributed by atoms with Gasteiger partial charge in [-0.3, -0.25) is 4.79 Å². The van der Waals surface area contributed by atoms with E-state index < -0.39 is 0 Å². The zero-order valence-electron chi connectivity index (χ0n) is 13.1. The van der Waals surface area contributed by atoms with Crippen molar-refractivity contribution in [1.29, 1.82) is 0 Å². The molecule has 4 nitrogen and oxygen atoms in total. The molecule has 0 aliphatic carbocycles.